The highest BCUT2D eigenvalue weighted by Crippen LogP contribution is 2.39. The van der Waals surface area contributed by atoms with Crippen LogP contribution in [0.3, 0.4) is 0 Å². The smallest absolute Gasteiger partial charge is 0.00213 e. The molecule has 0 saturated heterocycles. The van der Waals surface area contributed by atoms with Crippen LogP contribution >= 0.6 is 0 Å². The lowest BCUT2D eigenvalue weighted by Crippen LogP contribution is -1.92. The van der Waals surface area contributed by atoms with Crippen molar-refractivity contribution in [1.82, 2.24) is 0 Å². The fourth-order valence-electron chi connectivity index (χ4n) is 3.77. The molecule has 4 aromatic rings. The van der Waals surface area contributed by atoms with Gasteiger partial charge in [0.25, 0.3) is 0 Å². The van der Waals surface area contributed by atoms with E-state index in [1.165, 1.54) is 54.6 Å². The molecule has 4 rings (SSSR count). The zero-order valence-electron chi connectivity index (χ0n) is 14.5. The molecule has 0 aliphatic heterocycles. The highest BCUT2D eigenvalue weighted by atomic mass is 14.2. The fraction of sp³-hybridized carbons (Fsp3) is 0.273. The van der Waals surface area contributed by atoms with Crippen LogP contribution < -0.4 is 0 Å². The summed E-state index contributed by atoms with van der Waals surface area (Å²) >= 11 is 0. The van der Waals surface area contributed by atoms with Gasteiger partial charge in [0.15, 0.2) is 0 Å². The molecule has 0 radical (unpaired) electrons. The summed E-state index contributed by atoms with van der Waals surface area (Å²) in [6.07, 6.45) is 0. The minimum absolute atomic E-state index is 1.38. The topological polar surface area (TPSA) is 0 Å². The summed E-state index contributed by atoms with van der Waals surface area (Å²) in [5.74, 6) is 0. The SMILES string of the molecule is CC.Cc1cc(C)c2ccc3c(C)cc(C)c4ccc1c2c43. The summed E-state index contributed by atoms with van der Waals surface area (Å²) in [4.78, 5) is 0. The van der Waals surface area contributed by atoms with E-state index in [1.54, 1.807) is 0 Å². The summed E-state index contributed by atoms with van der Waals surface area (Å²) in [5.41, 5.74) is 5.51. The van der Waals surface area contributed by atoms with Gasteiger partial charge in [-0.3, -0.25) is 0 Å². The quantitative estimate of drug-likeness (QED) is 0.311. The molecule has 0 bridgehead atoms. The van der Waals surface area contributed by atoms with Crippen molar-refractivity contribution in [2.24, 2.45) is 0 Å². The Morgan fingerprint density at radius 1 is 0.455 bits per heavy atom. The number of benzene rings is 4. The first-order chi connectivity index (χ1) is 10.6. The first-order valence-corrected chi connectivity index (χ1v) is 8.23. The highest BCUT2D eigenvalue weighted by Gasteiger charge is 2.13. The third-order valence-corrected chi connectivity index (χ3v) is 4.73. The molecule has 4 aromatic carbocycles. The molecule has 0 heteroatoms. The predicted octanol–water partition coefficient (Wildman–Crippen LogP) is 6.84. The van der Waals surface area contributed by atoms with E-state index < -0.39 is 0 Å². The van der Waals surface area contributed by atoms with E-state index in [0.29, 0.717) is 0 Å². The average molecular weight is 288 g/mol. The van der Waals surface area contributed by atoms with Crippen molar-refractivity contribution in [3.05, 3.63) is 58.7 Å². The van der Waals surface area contributed by atoms with Crippen LogP contribution in [0.1, 0.15) is 36.1 Å². The number of rotatable bonds is 0. The van der Waals surface area contributed by atoms with Crippen molar-refractivity contribution in [2.45, 2.75) is 41.5 Å². The van der Waals surface area contributed by atoms with Gasteiger partial charge in [-0.2, -0.15) is 0 Å². The summed E-state index contributed by atoms with van der Waals surface area (Å²) in [7, 11) is 0. The summed E-state index contributed by atoms with van der Waals surface area (Å²) in [5, 5.41) is 8.48. The normalized spacial score (nSPS) is 11.2. The van der Waals surface area contributed by atoms with Gasteiger partial charge in [0.05, 0.1) is 0 Å². The molecule has 0 spiro atoms. The summed E-state index contributed by atoms with van der Waals surface area (Å²) in [6.45, 7) is 12.9. The molecule has 22 heavy (non-hydrogen) atoms. The van der Waals surface area contributed by atoms with Gasteiger partial charge in [0.1, 0.15) is 0 Å². The Balaban J connectivity index is 0.000000693. The Morgan fingerprint density at radius 2 is 0.682 bits per heavy atom. The van der Waals surface area contributed by atoms with Crippen LogP contribution in [-0.4, -0.2) is 0 Å². The molecular weight excluding hydrogens is 264 g/mol. The molecule has 0 amide bonds. The minimum atomic E-state index is 1.38. The second kappa shape index (κ2) is 5.28. The largest absolute Gasteiger partial charge is 0.0683 e. The molecule has 0 saturated carbocycles. The lowest BCUT2D eigenvalue weighted by atomic mass is 9.87. The molecule has 0 nitrogen and oxygen atoms in total. The maximum atomic E-state index is 2.31. The highest BCUT2D eigenvalue weighted by molar-refractivity contribution is 6.25. The zero-order valence-corrected chi connectivity index (χ0v) is 14.5. The molecule has 0 aliphatic carbocycles. The van der Waals surface area contributed by atoms with Crippen LogP contribution in [0.25, 0.3) is 32.3 Å². The van der Waals surface area contributed by atoms with Crippen molar-refractivity contribution in [3.8, 4) is 0 Å². The van der Waals surface area contributed by atoms with E-state index in [-0.39, 0.29) is 0 Å². The number of hydrogen-bond donors (Lipinski definition) is 0. The van der Waals surface area contributed by atoms with Crippen LogP contribution in [0.15, 0.2) is 36.4 Å². The summed E-state index contributed by atoms with van der Waals surface area (Å²) in [6, 6.07) is 13.8. The lowest BCUT2D eigenvalue weighted by Gasteiger charge is -2.17. The van der Waals surface area contributed by atoms with E-state index in [9.17, 15) is 0 Å². The first-order valence-electron chi connectivity index (χ1n) is 8.23. The van der Waals surface area contributed by atoms with E-state index in [0.717, 1.165) is 0 Å². The van der Waals surface area contributed by atoms with Crippen molar-refractivity contribution in [1.29, 1.82) is 0 Å². The van der Waals surface area contributed by atoms with Crippen LogP contribution in [0.5, 0.6) is 0 Å². The molecular formula is C22H24. The second-order valence-corrected chi connectivity index (χ2v) is 6.09. The van der Waals surface area contributed by atoms with Crippen molar-refractivity contribution < 1.29 is 0 Å². The standard InChI is InChI=1S/C20H18.C2H6/c1-11-9-12(2)16-7-8-18-14(4)10-13(3)17-6-5-15(11)19(16)20(17)18;1-2/h5-10H,1-4H3;1-2H3. The molecule has 0 N–H and O–H groups in total. The van der Waals surface area contributed by atoms with Crippen molar-refractivity contribution >= 4 is 32.3 Å². The van der Waals surface area contributed by atoms with Crippen LogP contribution in [-0.2, 0) is 0 Å². The number of hydrogen-bond acceptors (Lipinski definition) is 0. The van der Waals surface area contributed by atoms with Gasteiger partial charge >= 0.3 is 0 Å². The van der Waals surface area contributed by atoms with Crippen molar-refractivity contribution in [3.63, 3.8) is 0 Å². The van der Waals surface area contributed by atoms with Gasteiger partial charge < -0.3 is 0 Å². The summed E-state index contributed by atoms with van der Waals surface area (Å²) < 4.78 is 0. The Hall–Kier alpha value is -2.08. The van der Waals surface area contributed by atoms with Gasteiger partial charge in [-0.05, 0) is 82.3 Å². The molecule has 0 atom stereocenters. The monoisotopic (exact) mass is 288 g/mol. The molecule has 0 aromatic heterocycles. The zero-order chi connectivity index (χ0) is 16.0. The maximum Gasteiger partial charge on any atom is -0.00213 e. The third-order valence-electron chi connectivity index (χ3n) is 4.73. The van der Waals surface area contributed by atoms with Crippen LogP contribution in [0.4, 0.5) is 0 Å². The average Bonchev–Trinajstić information content (AvgIpc) is 2.52. The predicted molar refractivity (Wildman–Crippen MR) is 100 cm³/mol. The minimum Gasteiger partial charge on any atom is -0.0683 e. The Morgan fingerprint density at radius 3 is 0.909 bits per heavy atom. The lowest BCUT2D eigenvalue weighted by molar-refractivity contribution is 1.44. The molecule has 112 valence electrons. The Labute approximate surface area is 133 Å². The fourth-order valence-corrected chi connectivity index (χ4v) is 3.77. The van der Waals surface area contributed by atoms with E-state index in [4.69, 9.17) is 0 Å². The van der Waals surface area contributed by atoms with Crippen molar-refractivity contribution in [2.75, 3.05) is 0 Å². The second-order valence-electron chi connectivity index (χ2n) is 6.09. The first kappa shape index (κ1) is 14.8. The maximum absolute atomic E-state index is 2.31. The molecule has 0 aliphatic rings. The van der Waals surface area contributed by atoms with Gasteiger partial charge in [-0.15, -0.1) is 0 Å². The Bertz CT molecular complexity index is 820. The van der Waals surface area contributed by atoms with Gasteiger partial charge in [0, 0.05) is 0 Å². The van der Waals surface area contributed by atoms with Gasteiger partial charge in [-0.25, -0.2) is 0 Å². The van der Waals surface area contributed by atoms with E-state index in [2.05, 4.69) is 64.1 Å². The van der Waals surface area contributed by atoms with Crippen LogP contribution in [0, 0.1) is 27.7 Å². The van der Waals surface area contributed by atoms with Crippen LogP contribution in [0.2, 0.25) is 0 Å². The number of aryl methyl sites for hydroxylation is 4. The molecule has 0 unspecified atom stereocenters. The molecule has 0 fully saturated rings. The van der Waals surface area contributed by atoms with Gasteiger partial charge in [-0.1, -0.05) is 50.2 Å². The van der Waals surface area contributed by atoms with E-state index >= 15 is 0 Å². The van der Waals surface area contributed by atoms with E-state index in [1.807, 2.05) is 13.8 Å². The van der Waals surface area contributed by atoms with Gasteiger partial charge in [0.2, 0.25) is 0 Å². The third kappa shape index (κ3) is 1.90. The Kier molecular flexibility index (Phi) is 3.56. The molecule has 0 heterocycles.